The van der Waals surface area contributed by atoms with Crippen LogP contribution in [-0.4, -0.2) is 38.4 Å². The molecule has 1 saturated heterocycles. The lowest BCUT2D eigenvalue weighted by atomic mass is 10.1. The molecule has 2 aromatic rings. The second kappa shape index (κ2) is 7.09. The Morgan fingerprint density at radius 1 is 1.58 bits per heavy atom. The van der Waals surface area contributed by atoms with E-state index in [9.17, 15) is 9.90 Å². The minimum atomic E-state index is -0.686. The molecule has 7 nitrogen and oxygen atoms in total. The average Bonchev–Trinajstić information content (AvgIpc) is 3.28. The maximum absolute atomic E-state index is 12.6. The summed E-state index contributed by atoms with van der Waals surface area (Å²) in [7, 11) is 1.85. The fourth-order valence-electron chi connectivity index (χ4n) is 3.22. The maximum atomic E-state index is 12.6. The highest BCUT2D eigenvalue weighted by Gasteiger charge is 2.32. The summed E-state index contributed by atoms with van der Waals surface area (Å²) in [5, 5.41) is 17.4. The Hall–Kier alpha value is -2.28. The van der Waals surface area contributed by atoms with Crippen LogP contribution in [0.5, 0.6) is 0 Å². The third-order valence-electron chi connectivity index (χ3n) is 4.57. The van der Waals surface area contributed by atoms with Crippen molar-refractivity contribution in [1.82, 2.24) is 20.0 Å². The van der Waals surface area contributed by atoms with Crippen LogP contribution in [0.4, 0.5) is 4.79 Å². The van der Waals surface area contributed by atoms with Crippen molar-refractivity contribution in [3.63, 3.8) is 0 Å². The number of aryl methyl sites for hydroxylation is 1. The Balaban J connectivity index is 1.59. The van der Waals surface area contributed by atoms with Crippen molar-refractivity contribution in [3.05, 3.63) is 42.1 Å². The summed E-state index contributed by atoms with van der Waals surface area (Å²) in [4.78, 5) is 14.4. The van der Waals surface area contributed by atoms with E-state index in [-0.39, 0.29) is 18.1 Å². The minimum Gasteiger partial charge on any atom is -0.467 e. The number of hydrogen-bond acceptors (Lipinski definition) is 4. The maximum Gasteiger partial charge on any atom is 0.318 e. The smallest absolute Gasteiger partial charge is 0.318 e. The van der Waals surface area contributed by atoms with Gasteiger partial charge in [-0.15, -0.1) is 0 Å². The van der Waals surface area contributed by atoms with Gasteiger partial charge < -0.3 is 19.7 Å². The lowest BCUT2D eigenvalue weighted by Gasteiger charge is -2.27. The zero-order chi connectivity index (χ0) is 17.1. The first kappa shape index (κ1) is 16.6. The average molecular weight is 332 g/mol. The Morgan fingerprint density at radius 2 is 2.42 bits per heavy atom. The minimum absolute atomic E-state index is 0.0196. The summed E-state index contributed by atoms with van der Waals surface area (Å²) in [6.07, 6.45) is 6.85. The predicted molar refractivity (Wildman–Crippen MR) is 88.2 cm³/mol. The van der Waals surface area contributed by atoms with Crippen LogP contribution >= 0.6 is 0 Å². The van der Waals surface area contributed by atoms with Crippen molar-refractivity contribution in [3.8, 4) is 0 Å². The zero-order valence-corrected chi connectivity index (χ0v) is 14.1. The quantitative estimate of drug-likeness (QED) is 0.880. The molecule has 1 fully saturated rings. The molecule has 0 spiro atoms. The first-order valence-electron chi connectivity index (χ1n) is 8.31. The number of carbonyl (C=O) groups excluding carboxylic acids is 1. The van der Waals surface area contributed by atoms with E-state index in [1.54, 1.807) is 29.3 Å². The number of aliphatic hydroxyl groups is 1. The summed E-state index contributed by atoms with van der Waals surface area (Å²) in [5.41, 5.74) is 0.970. The van der Waals surface area contributed by atoms with Crippen LogP contribution in [0.1, 0.15) is 49.7 Å². The van der Waals surface area contributed by atoms with E-state index in [1.807, 2.05) is 25.1 Å². The normalized spacial score (nSPS) is 20.1. The van der Waals surface area contributed by atoms with Crippen LogP contribution in [0.2, 0.25) is 0 Å². The molecule has 0 aromatic carbocycles. The summed E-state index contributed by atoms with van der Waals surface area (Å²) >= 11 is 0. The van der Waals surface area contributed by atoms with E-state index >= 15 is 0 Å². The molecule has 0 aliphatic carbocycles. The van der Waals surface area contributed by atoms with E-state index in [2.05, 4.69) is 10.4 Å². The highest BCUT2D eigenvalue weighted by atomic mass is 16.4. The number of hydrogen-bond donors (Lipinski definition) is 2. The van der Waals surface area contributed by atoms with Gasteiger partial charge in [-0.25, -0.2) is 4.79 Å². The monoisotopic (exact) mass is 332 g/mol. The van der Waals surface area contributed by atoms with Gasteiger partial charge in [0.05, 0.1) is 18.5 Å². The topological polar surface area (TPSA) is 83.5 Å². The molecule has 0 bridgehead atoms. The van der Waals surface area contributed by atoms with E-state index in [0.29, 0.717) is 18.7 Å². The SMILES string of the molecule is CC(NC(=O)N1CCCC1CC(O)c1ccco1)c1cnn(C)c1. The fraction of sp³-hybridized carbons (Fsp3) is 0.529. The molecule has 1 aliphatic heterocycles. The lowest BCUT2D eigenvalue weighted by molar-refractivity contribution is 0.107. The molecule has 3 heterocycles. The molecule has 2 N–H and O–H groups in total. The number of nitrogens with one attached hydrogen (secondary N) is 1. The molecule has 0 saturated carbocycles. The molecule has 2 aromatic heterocycles. The number of amides is 2. The van der Waals surface area contributed by atoms with Crippen molar-refractivity contribution >= 4 is 6.03 Å². The second-order valence-corrected chi connectivity index (χ2v) is 6.37. The number of urea groups is 1. The van der Waals surface area contributed by atoms with Gasteiger partial charge in [0.15, 0.2) is 0 Å². The predicted octanol–water partition coefficient (Wildman–Crippen LogP) is 2.37. The first-order valence-corrected chi connectivity index (χ1v) is 8.31. The van der Waals surface area contributed by atoms with Crippen molar-refractivity contribution in [2.75, 3.05) is 6.54 Å². The lowest BCUT2D eigenvalue weighted by Crippen LogP contribution is -2.44. The highest BCUT2D eigenvalue weighted by molar-refractivity contribution is 5.75. The van der Waals surface area contributed by atoms with Crippen LogP contribution in [0.25, 0.3) is 0 Å². The molecule has 7 heteroatoms. The third-order valence-corrected chi connectivity index (χ3v) is 4.57. The summed E-state index contributed by atoms with van der Waals surface area (Å²) in [6, 6.07) is 3.33. The van der Waals surface area contributed by atoms with E-state index in [1.165, 1.54) is 0 Å². The molecule has 3 unspecified atom stereocenters. The van der Waals surface area contributed by atoms with Gasteiger partial charge in [-0.3, -0.25) is 4.68 Å². The number of nitrogens with zero attached hydrogens (tertiary/aromatic N) is 3. The second-order valence-electron chi connectivity index (χ2n) is 6.37. The highest BCUT2D eigenvalue weighted by Crippen LogP contribution is 2.28. The van der Waals surface area contributed by atoms with Gasteiger partial charge >= 0.3 is 6.03 Å². The fourth-order valence-corrected chi connectivity index (χ4v) is 3.22. The van der Waals surface area contributed by atoms with Gasteiger partial charge in [0.25, 0.3) is 0 Å². The van der Waals surface area contributed by atoms with Gasteiger partial charge in [0.2, 0.25) is 0 Å². The van der Waals surface area contributed by atoms with E-state index in [4.69, 9.17) is 4.42 Å². The Bertz CT molecular complexity index is 667. The summed E-state index contributed by atoms with van der Waals surface area (Å²) < 4.78 is 6.97. The Kier molecular flexibility index (Phi) is 4.89. The number of furan rings is 1. The number of likely N-dealkylation sites (tertiary alicyclic amines) is 1. The standard InChI is InChI=1S/C17H24N4O3/c1-12(13-10-18-20(2)11-13)19-17(23)21-7-3-5-14(21)9-15(22)16-6-4-8-24-16/h4,6,8,10-12,14-15,22H,3,5,7,9H2,1-2H3,(H,19,23). The van der Waals surface area contributed by atoms with E-state index < -0.39 is 6.10 Å². The van der Waals surface area contributed by atoms with Crippen molar-refractivity contribution in [1.29, 1.82) is 0 Å². The van der Waals surface area contributed by atoms with Crippen molar-refractivity contribution in [2.45, 2.75) is 44.4 Å². The summed E-state index contributed by atoms with van der Waals surface area (Å²) in [6.45, 7) is 2.65. The van der Waals surface area contributed by atoms with Gasteiger partial charge in [-0.1, -0.05) is 0 Å². The number of aromatic nitrogens is 2. The number of rotatable bonds is 5. The molecular formula is C17H24N4O3. The Morgan fingerprint density at radius 3 is 3.08 bits per heavy atom. The number of carbonyl (C=O) groups is 1. The van der Waals surface area contributed by atoms with E-state index in [0.717, 1.165) is 18.4 Å². The van der Waals surface area contributed by atoms with Crippen LogP contribution in [0.3, 0.4) is 0 Å². The third kappa shape index (κ3) is 3.62. The zero-order valence-electron chi connectivity index (χ0n) is 14.1. The largest absolute Gasteiger partial charge is 0.467 e. The molecule has 3 atom stereocenters. The molecule has 2 amide bonds. The number of aliphatic hydroxyl groups excluding tert-OH is 1. The van der Waals surface area contributed by atoms with Gasteiger partial charge in [0, 0.05) is 37.8 Å². The molecule has 3 rings (SSSR count). The van der Waals surface area contributed by atoms with Crippen molar-refractivity contribution < 1.29 is 14.3 Å². The van der Waals surface area contributed by atoms with Crippen molar-refractivity contribution in [2.24, 2.45) is 7.05 Å². The first-order chi connectivity index (χ1) is 11.5. The summed E-state index contributed by atoms with van der Waals surface area (Å²) in [5.74, 6) is 0.547. The molecule has 130 valence electrons. The van der Waals surface area contributed by atoms with Crippen LogP contribution in [-0.2, 0) is 7.05 Å². The van der Waals surface area contributed by atoms with Crippen LogP contribution < -0.4 is 5.32 Å². The molecule has 1 aliphatic rings. The molecule has 24 heavy (non-hydrogen) atoms. The molecule has 0 radical (unpaired) electrons. The van der Waals surface area contributed by atoms with Gasteiger partial charge in [-0.05, 0) is 31.9 Å². The molecular weight excluding hydrogens is 308 g/mol. The van der Waals surface area contributed by atoms with Crippen LogP contribution in [0, 0.1) is 0 Å². The Labute approximate surface area is 141 Å². The van der Waals surface area contributed by atoms with Gasteiger partial charge in [-0.2, -0.15) is 5.10 Å². The van der Waals surface area contributed by atoms with Crippen LogP contribution in [0.15, 0.2) is 35.2 Å². The van der Waals surface area contributed by atoms with Gasteiger partial charge in [0.1, 0.15) is 11.9 Å².